The molecule has 2 aromatic rings. The van der Waals surface area contributed by atoms with E-state index in [0.717, 1.165) is 29.0 Å². The Balaban J connectivity index is 2.00. The Morgan fingerprint density at radius 3 is 2.36 bits per heavy atom. The van der Waals surface area contributed by atoms with Crippen LogP contribution in [0.2, 0.25) is 10.0 Å². The molecule has 1 aliphatic rings. The van der Waals surface area contributed by atoms with Crippen molar-refractivity contribution in [2.75, 3.05) is 5.73 Å². The Kier molecular flexibility index (Phi) is 4.29. The molecule has 0 atom stereocenters. The molecule has 1 saturated carbocycles. The van der Waals surface area contributed by atoms with E-state index < -0.39 is 0 Å². The first-order chi connectivity index (χ1) is 10.6. The third-order valence-corrected chi connectivity index (χ3v) is 4.91. The molecule has 0 aromatic heterocycles. The van der Waals surface area contributed by atoms with Crippen molar-refractivity contribution in [2.24, 2.45) is 5.92 Å². The summed E-state index contributed by atoms with van der Waals surface area (Å²) in [5, 5.41) is 10.4. The highest BCUT2D eigenvalue weighted by Gasteiger charge is 2.20. The predicted molar refractivity (Wildman–Crippen MR) is 92.1 cm³/mol. The molecule has 4 heteroatoms. The minimum absolute atomic E-state index is 0.501. The largest absolute Gasteiger partial charge is 0.399 e. The van der Waals surface area contributed by atoms with Gasteiger partial charge in [-0.15, -0.1) is 0 Å². The molecule has 0 unspecified atom stereocenters. The molecule has 2 aromatic carbocycles. The summed E-state index contributed by atoms with van der Waals surface area (Å²) in [5.74, 6) is 0.724. The molecule has 22 heavy (non-hydrogen) atoms. The number of anilines is 1. The first-order valence-electron chi connectivity index (χ1n) is 7.36. The molecule has 2 N–H and O–H groups in total. The smallest absolute Gasteiger partial charge is 0.0994 e. The zero-order valence-electron chi connectivity index (χ0n) is 12.1. The molecular weight excluding hydrogens is 315 g/mol. The van der Waals surface area contributed by atoms with Crippen molar-refractivity contribution in [2.45, 2.75) is 25.7 Å². The van der Waals surface area contributed by atoms with Gasteiger partial charge < -0.3 is 5.73 Å². The fourth-order valence-electron chi connectivity index (χ4n) is 2.89. The SMILES string of the molecule is N#Cc1cc(-c2c(Cl)cc(N)cc2Cl)ccc1CC1CCC1. The number of nitrogens with two attached hydrogens (primary N) is 1. The fourth-order valence-corrected chi connectivity index (χ4v) is 3.61. The normalized spacial score (nSPS) is 14.4. The minimum Gasteiger partial charge on any atom is -0.399 e. The second kappa shape index (κ2) is 6.20. The maximum atomic E-state index is 9.44. The summed E-state index contributed by atoms with van der Waals surface area (Å²) in [6.07, 6.45) is 4.82. The second-order valence-corrected chi connectivity index (χ2v) is 6.66. The van der Waals surface area contributed by atoms with E-state index in [1.165, 1.54) is 19.3 Å². The van der Waals surface area contributed by atoms with Crippen LogP contribution in [0.1, 0.15) is 30.4 Å². The van der Waals surface area contributed by atoms with Crippen LogP contribution in [0.4, 0.5) is 5.69 Å². The summed E-state index contributed by atoms with van der Waals surface area (Å²) in [5.41, 5.74) is 9.66. The van der Waals surface area contributed by atoms with Gasteiger partial charge in [-0.05, 0) is 41.7 Å². The number of benzene rings is 2. The lowest BCUT2D eigenvalue weighted by Gasteiger charge is -2.25. The van der Waals surface area contributed by atoms with Crippen molar-refractivity contribution in [1.29, 1.82) is 5.26 Å². The Hall–Kier alpha value is -1.69. The Morgan fingerprint density at radius 2 is 1.82 bits per heavy atom. The van der Waals surface area contributed by atoms with E-state index in [9.17, 15) is 5.26 Å². The molecule has 1 fully saturated rings. The van der Waals surface area contributed by atoms with Gasteiger partial charge in [-0.3, -0.25) is 0 Å². The van der Waals surface area contributed by atoms with Crippen molar-refractivity contribution in [3.05, 3.63) is 51.5 Å². The summed E-state index contributed by atoms with van der Waals surface area (Å²) in [4.78, 5) is 0. The number of hydrogen-bond acceptors (Lipinski definition) is 2. The van der Waals surface area contributed by atoms with Gasteiger partial charge in [0.1, 0.15) is 0 Å². The highest BCUT2D eigenvalue weighted by Crippen LogP contribution is 2.38. The standard InChI is InChI=1S/C18H16Cl2N2/c19-16-8-15(22)9-17(20)18(16)13-5-4-12(14(7-13)10-21)6-11-2-1-3-11/h4-5,7-9,11H,1-3,6,22H2. The Morgan fingerprint density at radius 1 is 1.14 bits per heavy atom. The third kappa shape index (κ3) is 2.92. The number of nitriles is 1. The van der Waals surface area contributed by atoms with E-state index in [1.54, 1.807) is 12.1 Å². The molecule has 0 radical (unpaired) electrons. The van der Waals surface area contributed by atoms with Gasteiger partial charge in [-0.2, -0.15) is 5.26 Å². The summed E-state index contributed by atoms with van der Waals surface area (Å²) in [6.45, 7) is 0. The predicted octanol–water partition coefficient (Wildman–Crippen LogP) is 5.46. The van der Waals surface area contributed by atoms with E-state index in [-0.39, 0.29) is 0 Å². The maximum absolute atomic E-state index is 9.44. The molecule has 0 heterocycles. The van der Waals surface area contributed by atoms with Crippen LogP contribution in [0, 0.1) is 17.2 Å². The topological polar surface area (TPSA) is 49.8 Å². The molecule has 2 nitrogen and oxygen atoms in total. The van der Waals surface area contributed by atoms with Gasteiger partial charge in [0, 0.05) is 11.3 Å². The first-order valence-corrected chi connectivity index (χ1v) is 8.12. The molecule has 0 saturated heterocycles. The third-order valence-electron chi connectivity index (χ3n) is 4.32. The highest BCUT2D eigenvalue weighted by atomic mass is 35.5. The molecule has 0 aliphatic heterocycles. The molecule has 0 spiro atoms. The number of nitrogens with zero attached hydrogens (tertiary/aromatic N) is 1. The number of rotatable bonds is 3. The van der Waals surface area contributed by atoms with Gasteiger partial charge in [0.15, 0.2) is 0 Å². The molecule has 112 valence electrons. The van der Waals surface area contributed by atoms with Crippen LogP contribution in [0.15, 0.2) is 30.3 Å². The molecule has 0 bridgehead atoms. The summed E-state index contributed by atoms with van der Waals surface area (Å²) < 4.78 is 0. The van der Waals surface area contributed by atoms with E-state index in [1.807, 2.05) is 18.2 Å². The average molecular weight is 331 g/mol. The van der Waals surface area contributed by atoms with Crippen molar-refractivity contribution >= 4 is 28.9 Å². The van der Waals surface area contributed by atoms with Crippen molar-refractivity contribution in [3.63, 3.8) is 0 Å². The maximum Gasteiger partial charge on any atom is 0.0994 e. The lowest BCUT2D eigenvalue weighted by Crippen LogP contribution is -2.14. The molecular formula is C18H16Cl2N2. The van der Waals surface area contributed by atoms with Crippen LogP contribution in [-0.4, -0.2) is 0 Å². The quantitative estimate of drug-likeness (QED) is 0.760. The van der Waals surface area contributed by atoms with Crippen LogP contribution in [0.25, 0.3) is 11.1 Å². The van der Waals surface area contributed by atoms with Crippen molar-refractivity contribution in [1.82, 2.24) is 0 Å². The van der Waals surface area contributed by atoms with Crippen LogP contribution in [-0.2, 0) is 6.42 Å². The molecule has 3 rings (SSSR count). The zero-order chi connectivity index (χ0) is 15.7. The van der Waals surface area contributed by atoms with Gasteiger partial charge in [-0.25, -0.2) is 0 Å². The van der Waals surface area contributed by atoms with Crippen LogP contribution >= 0.6 is 23.2 Å². The lowest BCUT2D eigenvalue weighted by atomic mass is 9.80. The van der Waals surface area contributed by atoms with Crippen molar-refractivity contribution in [3.8, 4) is 17.2 Å². The first kappa shape index (κ1) is 15.2. The number of nitrogen functional groups attached to an aromatic ring is 1. The summed E-state index contributed by atoms with van der Waals surface area (Å²) in [7, 11) is 0. The number of halogens is 2. The molecule has 1 aliphatic carbocycles. The Bertz CT molecular complexity index is 735. The van der Waals surface area contributed by atoms with E-state index in [2.05, 4.69) is 6.07 Å². The van der Waals surface area contributed by atoms with Gasteiger partial charge >= 0.3 is 0 Å². The minimum atomic E-state index is 0.501. The van der Waals surface area contributed by atoms with Crippen LogP contribution < -0.4 is 5.73 Å². The van der Waals surface area contributed by atoms with Gasteiger partial charge in [0.25, 0.3) is 0 Å². The lowest BCUT2D eigenvalue weighted by molar-refractivity contribution is 0.314. The molecule has 0 amide bonds. The zero-order valence-corrected chi connectivity index (χ0v) is 13.6. The van der Waals surface area contributed by atoms with Gasteiger partial charge in [0.05, 0.1) is 21.7 Å². The van der Waals surface area contributed by atoms with Gasteiger partial charge in [0.2, 0.25) is 0 Å². The van der Waals surface area contributed by atoms with E-state index in [0.29, 0.717) is 21.3 Å². The average Bonchev–Trinajstić information content (AvgIpc) is 2.42. The number of hydrogen-bond donors (Lipinski definition) is 1. The Labute approximate surface area is 140 Å². The van der Waals surface area contributed by atoms with Gasteiger partial charge in [-0.1, -0.05) is 54.6 Å². The van der Waals surface area contributed by atoms with Crippen LogP contribution in [0.5, 0.6) is 0 Å². The monoisotopic (exact) mass is 330 g/mol. The van der Waals surface area contributed by atoms with Crippen molar-refractivity contribution < 1.29 is 0 Å². The fraction of sp³-hybridized carbons (Fsp3) is 0.278. The summed E-state index contributed by atoms with van der Waals surface area (Å²) >= 11 is 12.5. The highest BCUT2D eigenvalue weighted by molar-refractivity contribution is 6.39. The summed E-state index contributed by atoms with van der Waals surface area (Å²) in [6, 6.07) is 11.5. The second-order valence-electron chi connectivity index (χ2n) is 5.84. The van der Waals surface area contributed by atoms with Crippen LogP contribution in [0.3, 0.4) is 0 Å². The van der Waals surface area contributed by atoms with E-state index >= 15 is 0 Å². The van der Waals surface area contributed by atoms with E-state index in [4.69, 9.17) is 28.9 Å².